The van der Waals surface area contributed by atoms with Crippen LogP contribution in [0.3, 0.4) is 0 Å². The number of thioether (sulfide) groups is 1. The van der Waals surface area contributed by atoms with Crippen LogP contribution >= 0.6 is 34.4 Å². The van der Waals surface area contributed by atoms with Crippen molar-refractivity contribution in [3.8, 4) is 5.75 Å². The van der Waals surface area contributed by atoms with Crippen molar-refractivity contribution in [3.63, 3.8) is 0 Å². The molecule has 2 rings (SSSR count). The molecule has 0 saturated heterocycles. The Hall–Kier alpha value is -1.25. The molecule has 2 aromatic carbocycles. The number of carbonyl (C=O) groups excluding carboxylic acids is 1. The van der Waals surface area contributed by atoms with E-state index in [0.29, 0.717) is 10.8 Å². The number of anilines is 1. The molecular formula is C19H22INO3S. The third kappa shape index (κ3) is 4.68. The molecule has 0 aliphatic carbocycles. The average Bonchev–Trinajstić information content (AvgIpc) is 2.61. The van der Waals surface area contributed by atoms with Crippen LogP contribution in [0.2, 0.25) is 0 Å². The van der Waals surface area contributed by atoms with E-state index in [-0.39, 0.29) is 6.61 Å². The van der Waals surface area contributed by atoms with Gasteiger partial charge in [-0.3, -0.25) is 10.0 Å². The van der Waals surface area contributed by atoms with Crippen LogP contribution in [0.25, 0.3) is 0 Å². The number of halogens is 1. The van der Waals surface area contributed by atoms with Gasteiger partial charge in [-0.2, -0.15) is 5.06 Å². The molecule has 0 heterocycles. The van der Waals surface area contributed by atoms with Gasteiger partial charge in [0.15, 0.2) is 0 Å². The van der Waals surface area contributed by atoms with Crippen molar-refractivity contribution >= 4 is 45.3 Å². The summed E-state index contributed by atoms with van der Waals surface area (Å²) in [4.78, 5) is 11.8. The summed E-state index contributed by atoms with van der Waals surface area (Å²) in [6.07, 6.45) is 2.63. The van der Waals surface area contributed by atoms with Crippen LogP contribution in [0, 0.1) is 17.4 Å². The highest BCUT2D eigenvalue weighted by Gasteiger charge is 2.18. The number of nitrogens with zero attached hydrogens (tertiary/aromatic N) is 1. The maximum Gasteiger partial charge on any atom is 0.309 e. The molecule has 0 saturated carbocycles. The van der Waals surface area contributed by atoms with Gasteiger partial charge in [0.25, 0.3) is 0 Å². The van der Waals surface area contributed by atoms with Gasteiger partial charge in [0.2, 0.25) is 0 Å². The highest BCUT2D eigenvalue weighted by atomic mass is 127. The Morgan fingerprint density at radius 2 is 2.00 bits per heavy atom. The quantitative estimate of drug-likeness (QED) is 0.344. The van der Waals surface area contributed by atoms with Gasteiger partial charge in [0.05, 0.1) is 5.69 Å². The van der Waals surface area contributed by atoms with Crippen molar-refractivity contribution in [1.29, 1.82) is 0 Å². The molecule has 1 amide bonds. The zero-order valence-corrected chi connectivity index (χ0v) is 17.8. The van der Waals surface area contributed by atoms with Crippen molar-refractivity contribution in [2.24, 2.45) is 0 Å². The molecule has 4 nitrogen and oxygen atoms in total. The van der Waals surface area contributed by atoms with Crippen molar-refractivity contribution in [2.75, 3.05) is 11.3 Å². The molecule has 0 aromatic heterocycles. The largest absolute Gasteiger partial charge is 0.489 e. The number of amides is 1. The third-order valence-corrected chi connectivity index (χ3v) is 5.59. The molecule has 0 unspecified atom stereocenters. The molecule has 0 aliphatic rings. The first-order valence-corrected chi connectivity index (χ1v) is 10.3. The third-order valence-electron chi connectivity index (χ3n) is 4.06. The molecule has 6 heteroatoms. The number of hydrogen-bond donors (Lipinski definition) is 1. The lowest BCUT2D eigenvalue weighted by atomic mass is 10.0. The van der Waals surface area contributed by atoms with Crippen LogP contribution in [0.15, 0.2) is 30.3 Å². The molecule has 0 aliphatic heterocycles. The summed E-state index contributed by atoms with van der Waals surface area (Å²) in [5.41, 5.74) is 4.82. The highest BCUT2D eigenvalue weighted by Crippen LogP contribution is 2.29. The second kappa shape index (κ2) is 8.91. The van der Waals surface area contributed by atoms with Crippen molar-refractivity contribution in [1.82, 2.24) is 0 Å². The first-order chi connectivity index (χ1) is 11.9. The van der Waals surface area contributed by atoms with E-state index in [9.17, 15) is 10.0 Å². The summed E-state index contributed by atoms with van der Waals surface area (Å²) in [5.74, 6) is 0.820. The van der Waals surface area contributed by atoms with Crippen LogP contribution in [0.4, 0.5) is 10.5 Å². The predicted octanol–water partition coefficient (Wildman–Crippen LogP) is 5.73. The minimum atomic E-state index is -0.428. The molecular weight excluding hydrogens is 449 g/mol. The number of benzene rings is 2. The van der Waals surface area contributed by atoms with Crippen molar-refractivity contribution in [3.05, 3.63) is 56.2 Å². The number of rotatable bonds is 5. The summed E-state index contributed by atoms with van der Waals surface area (Å²) in [6.45, 7) is 6.52. The topological polar surface area (TPSA) is 49.8 Å². The van der Waals surface area contributed by atoms with Crippen molar-refractivity contribution in [2.45, 2.75) is 33.8 Å². The maximum atomic E-state index is 11.8. The average molecular weight is 471 g/mol. The lowest BCUT2D eigenvalue weighted by molar-refractivity contribution is 0.223. The molecule has 1 N–H and O–H groups in total. The number of carbonyl (C=O) groups is 1. The van der Waals surface area contributed by atoms with Gasteiger partial charge in [-0.25, -0.2) is 0 Å². The number of hydrogen-bond acceptors (Lipinski definition) is 4. The van der Waals surface area contributed by atoms with Crippen LogP contribution < -0.4 is 9.80 Å². The zero-order chi connectivity index (χ0) is 18.6. The molecule has 134 valence electrons. The molecule has 0 radical (unpaired) electrons. The predicted molar refractivity (Wildman–Crippen MR) is 112 cm³/mol. The van der Waals surface area contributed by atoms with E-state index in [1.165, 1.54) is 11.1 Å². The number of hydroxylamine groups is 1. The second-order valence-corrected chi connectivity index (χ2v) is 7.63. The molecule has 0 atom stereocenters. The van der Waals surface area contributed by atoms with Crippen LogP contribution in [-0.2, 0) is 13.0 Å². The van der Waals surface area contributed by atoms with E-state index in [1.807, 2.05) is 25.1 Å². The minimum Gasteiger partial charge on any atom is -0.489 e. The van der Waals surface area contributed by atoms with Crippen LogP contribution in [0.5, 0.6) is 5.75 Å². The van der Waals surface area contributed by atoms with E-state index in [2.05, 4.69) is 42.5 Å². The van der Waals surface area contributed by atoms with E-state index >= 15 is 0 Å². The van der Waals surface area contributed by atoms with E-state index in [4.69, 9.17) is 4.74 Å². The Morgan fingerprint density at radius 1 is 1.28 bits per heavy atom. The summed E-state index contributed by atoms with van der Waals surface area (Å²) < 4.78 is 6.96. The van der Waals surface area contributed by atoms with Gasteiger partial charge in [-0.05, 0) is 84.0 Å². The summed E-state index contributed by atoms with van der Waals surface area (Å²) in [6, 6.07) is 9.65. The Morgan fingerprint density at radius 3 is 2.64 bits per heavy atom. The summed E-state index contributed by atoms with van der Waals surface area (Å²) in [7, 11) is 0. The second-order valence-electron chi connectivity index (χ2n) is 5.71. The minimum absolute atomic E-state index is 0.277. The molecule has 0 spiro atoms. The van der Waals surface area contributed by atoms with Gasteiger partial charge >= 0.3 is 5.24 Å². The Bertz CT molecular complexity index is 780. The normalized spacial score (nSPS) is 10.6. The van der Waals surface area contributed by atoms with Gasteiger partial charge in [-0.15, -0.1) is 0 Å². The smallest absolute Gasteiger partial charge is 0.309 e. The van der Waals surface area contributed by atoms with E-state index in [0.717, 1.165) is 38.6 Å². The monoisotopic (exact) mass is 471 g/mol. The van der Waals surface area contributed by atoms with Crippen molar-refractivity contribution < 1.29 is 14.7 Å². The SMILES string of the molecule is CCc1cc(C)c(OCc2c(I)cccc2N(O)C(=O)SC)cc1C. The van der Waals surface area contributed by atoms with Gasteiger partial charge < -0.3 is 4.74 Å². The fourth-order valence-electron chi connectivity index (χ4n) is 2.61. The lowest BCUT2D eigenvalue weighted by Gasteiger charge is -2.20. The standard InChI is InChI=1S/C19H22INO3S/c1-5-14-9-13(3)18(10-12(14)2)24-11-15-16(20)7-6-8-17(15)21(23)19(22)25-4/h6-10,23H,5,11H2,1-4H3. The molecule has 0 bridgehead atoms. The number of aryl methyl sites for hydroxylation is 3. The first-order valence-electron chi connectivity index (χ1n) is 7.96. The summed E-state index contributed by atoms with van der Waals surface area (Å²) in [5, 5.41) is 10.4. The van der Waals surface area contributed by atoms with E-state index < -0.39 is 5.24 Å². The highest BCUT2D eigenvalue weighted by molar-refractivity contribution is 14.1. The fourth-order valence-corrected chi connectivity index (χ4v) is 3.52. The fraction of sp³-hybridized carbons (Fsp3) is 0.316. The molecule has 0 fully saturated rings. The van der Waals surface area contributed by atoms with Crippen LogP contribution in [0.1, 0.15) is 29.2 Å². The molecule has 25 heavy (non-hydrogen) atoms. The number of ether oxygens (including phenoxy) is 1. The van der Waals surface area contributed by atoms with Gasteiger partial charge in [0.1, 0.15) is 12.4 Å². The molecule has 2 aromatic rings. The van der Waals surface area contributed by atoms with Gasteiger partial charge in [-0.1, -0.05) is 30.8 Å². The Kier molecular flexibility index (Phi) is 7.15. The Balaban J connectivity index is 2.30. The van der Waals surface area contributed by atoms with Gasteiger partial charge in [0, 0.05) is 9.13 Å². The summed E-state index contributed by atoms with van der Waals surface area (Å²) >= 11 is 3.15. The van der Waals surface area contributed by atoms with E-state index in [1.54, 1.807) is 12.3 Å². The maximum absolute atomic E-state index is 11.8. The Labute approximate surface area is 166 Å². The lowest BCUT2D eigenvalue weighted by Crippen LogP contribution is -2.24. The first kappa shape index (κ1) is 20.1. The van der Waals surface area contributed by atoms with Crippen LogP contribution in [-0.4, -0.2) is 16.7 Å². The zero-order valence-electron chi connectivity index (χ0n) is 14.8.